The van der Waals surface area contributed by atoms with E-state index < -0.39 is 5.63 Å². The van der Waals surface area contributed by atoms with Crippen molar-refractivity contribution >= 4 is 39.7 Å². The smallest absolute Gasteiger partial charge is 0.343 e. The molecule has 0 saturated heterocycles. The molecule has 0 atom stereocenters. The van der Waals surface area contributed by atoms with Crippen LogP contribution in [0.3, 0.4) is 0 Å². The van der Waals surface area contributed by atoms with Gasteiger partial charge in [-0.05, 0) is 56.3 Å². The Morgan fingerprint density at radius 2 is 1.79 bits per heavy atom. The summed E-state index contributed by atoms with van der Waals surface area (Å²) in [5.74, 6) is 0.131. The Kier molecular flexibility index (Phi) is 5.04. The zero-order valence-electron chi connectivity index (χ0n) is 16.4. The van der Waals surface area contributed by atoms with Gasteiger partial charge in [-0.2, -0.15) is 0 Å². The highest BCUT2D eigenvalue weighted by Crippen LogP contribution is 2.24. The SMILES string of the molecule is CCN(CC)c1ccc2cc(/C=C/c3ccc4cccc(O)c4n3)c(=O)oc2c1. The molecular weight excluding hydrogens is 364 g/mol. The van der Waals surface area contributed by atoms with Crippen molar-refractivity contribution in [2.45, 2.75) is 13.8 Å². The van der Waals surface area contributed by atoms with Crippen LogP contribution in [0.25, 0.3) is 34.0 Å². The average molecular weight is 386 g/mol. The van der Waals surface area contributed by atoms with E-state index in [1.165, 1.54) is 0 Å². The number of pyridine rings is 1. The van der Waals surface area contributed by atoms with Gasteiger partial charge >= 0.3 is 5.63 Å². The van der Waals surface area contributed by atoms with Gasteiger partial charge in [-0.15, -0.1) is 0 Å². The minimum Gasteiger partial charge on any atom is -0.506 e. The summed E-state index contributed by atoms with van der Waals surface area (Å²) in [7, 11) is 0. The quantitative estimate of drug-likeness (QED) is 0.486. The maximum absolute atomic E-state index is 12.4. The highest BCUT2D eigenvalue weighted by molar-refractivity contribution is 5.86. The van der Waals surface area contributed by atoms with Crippen molar-refractivity contribution in [2.24, 2.45) is 0 Å². The number of aromatic nitrogens is 1. The normalized spacial score (nSPS) is 11.5. The Morgan fingerprint density at radius 3 is 2.59 bits per heavy atom. The summed E-state index contributed by atoms with van der Waals surface area (Å²) in [6.07, 6.45) is 3.44. The van der Waals surface area contributed by atoms with E-state index in [4.69, 9.17) is 4.42 Å². The highest BCUT2D eigenvalue weighted by Gasteiger charge is 2.07. The molecule has 0 aliphatic rings. The molecule has 146 valence electrons. The van der Waals surface area contributed by atoms with Gasteiger partial charge in [0, 0.05) is 35.6 Å². The predicted molar refractivity (Wildman–Crippen MR) is 118 cm³/mol. The minimum absolute atomic E-state index is 0.131. The Balaban J connectivity index is 1.69. The van der Waals surface area contributed by atoms with Crippen LogP contribution < -0.4 is 10.5 Å². The number of fused-ring (bicyclic) bond motifs is 2. The van der Waals surface area contributed by atoms with Crippen LogP contribution in [0.15, 0.2) is 63.8 Å². The van der Waals surface area contributed by atoms with Gasteiger partial charge in [-0.25, -0.2) is 9.78 Å². The Labute approximate surface area is 168 Å². The molecule has 0 amide bonds. The zero-order chi connectivity index (χ0) is 20.4. The first-order valence-corrected chi connectivity index (χ1v) is 9.68. The van der Waals surface area contributed by atoms with E-state index in [1.54, 1.807) is 24.3 Å². The molecule has 0 bridgehead atoms. The predicted octanol–water partition coefficient (Wildman–Crippen LogP) is 5.06. The summed E-state index contributed by atoms with van der Waals surface area (Å²) in [5, 5.41) is 11.7. The first kappa shape index (κ1) is 18.7. The lowest BCUT2D eigenvalue weighted by Crippen LogP contribution is -2.21. The fourth-order valence-corrected chi connectivity index (χ4v) is 3.43. The topological polar surface area (TPSA) is 66.6 Å². The number of anilines is 1. The van der Waals surface area contributed by atoms with Crippen LogP contribution >= 0.6 is 0 Å². The molecule has 2 aromatic heterocycles. The number of phenolic OH excluding ortho intramolecular Hbond substituents is 1. The minimum atomic E-state index is -0.394. The van der Waals surface area contributed by atoms with Crippen LogP contribution in [-0.4, -0.2) is 23.2 Å². The second kappa shape index (κ2) is 7.80. The zero-order valence-corrected chi connectivity index (χ0v) is 16.4. The maximum atomic E-state index is 12.4. The summed E-state index contributed by atoms with van der Waals surface area (Å²) >= 11 is 0. The molecule has 0 saturated carbocycles. The molecule has 4 aromatic rings. The van der Waals surface area contributed by atoms with Gasteiger partial charge in [-0.1, -0.05) is 18.2 Å². The lowest BCUT2D eigenvalue weighted by molar-refractivity contribution is 0.480. The second-order valence-electron chi connectivity index (χ2n) is 6.80. The third-order valence-corrected chi connectivity index (χ3v) is 5.03. The molecule has 5 nitrogen and oxygen atoms in total. The number of benzene rings is 2. The van der Waals surface area contributed by atoms with E-state index >= 15 is 0 Å². The molecule has 2 aromatic carbocycles. The van der Waals surface area contributed by atoms with Gasteiger partial charge in [0.25, 0.3) is 0 Å². The van der Waals surface area contributed by atoms with Crippen LogP contribution in [0.4, 0.5) is 5.69 Å². The first-order chi connectivity index (χ1) is 14.1. The molecule has 5 heteroatoms. The van der Waals surface area contributed by atoms with Crippen molar-refractivity contribution in [3.8, 4) is 5.75 Å². The van der Waals surface area contributed by atoms with Gasteiger partial charge in [-0.3, -0.25) is 0 Å². The molecule has 29 heavy (non-hydrogen) atoms. The van der Waals surface area contributed by atoms with Crippen molar-refractivity contribution in [2.75, 3.05) is 18.0 Å². The van der Waals surface area contributed by atoms with E-state index in [0.29, 0.717) is 22.4 Å². The van der Waals surface area contributed by atoms with Gasteiger partial charge in [0.1, 0.15) is 16.8 Å². The Hall–Kier alpha value is -3.60. The molecule has 0 aliphatic carbocycles. The molecule has 0 unspecified atom stereocenters. The van der Waals surface area contributed by atoms with Crippen LogP contribution in [0.5, 0.6) is 5.75 Å². The number of aromatic hydroxyl groups is 1. The van der Waals surface area contributed by atoms with Crippen LogP contribution in [0, 0.1) is 0 Å². The molecule has 2 heterocycles. The summed E-state index contributed by atoms with van der Waals surface area (Å²) in [4.78, 5) is 19.1. The lowest BCUT2D eigenvalue weighted by atomic mass is 10.1. The van der Waals surface area contributed by atoms with Crippen molar-refractivity contribution in [3.05, 3.63) is 76.3 Å². The molecule has 4 rings (SSSR count). The maximum Gasteiger partial charge on any atom is 0.343 e. The van der Waals surface area contributed by atoms with Crippen molar-refractivity contribution in [1.29, 1.82) is 0 Å². The highest BCUT2D eigenvalue weighted by atomic mass is 16.4. The van der Waals surface area contributed by atoms with Crippen molar-refractivity contribution in [1.82, 2.24) is 4.98 Å². The third kappa shape index (κ3) is 3.72. The summed E-state index contributed by atoms with van der Waals surface area (Å²) in [6, 6.07) is 16.7. The van der Waals surface area contributed by atoms with Gasteiger partial charge in [0.2, 0.25) is 0 Å². The van der Waals surface area contributed by atoms with Crippen molar-refractivity contribution < 1.29 is 9.52 Å². The third-order valence-electron chi connectivity index (χ3n) is 5.03. The van der Waals surface area contributed by atoms with E-state index in [0.717, 1.165) is 29.5 Å². The number of rotatable bonds is 5. The monoisotopic (exact) mass is 386 g/mol. The molecule has 0 radical (unpaired) electrons. The molecule has 0 aliphatic heterocycles. The van der Waals surface area contributed by atoms with E-state index in [9.17, 15) is 9.90 Å². The van der Waals surface area contributed by atoms with Crippen LogP contribution in [0.2, 0.25) is 0 Å². The second-order valence-corrected chi connectivity index (χ2v) is 6.80. The van der Waals surface area contributed by atoms with Gasteiger partial charge in [0.15, 0.2) is 0 Å². The van der Waals surface area contributed by atoms with Crippen LogP contribution in [0.1, 0.15) is 25.1 Å². The summed E-state index contributed by atoms with van der Waals surface area (Å²) in [5.41, 5.74) is 2.85. The lowest BCUT2D eigenvalue weighted by Gasteiger charge is -2.20. The summed E-state index contributed by atoms with van der Waals surface area (Å²) in [6.45, 7) is 5.97. The number of phenols is 1. The van der Waals surface area contributed by atoms with Gasteiger partial charge < -0.3 is 14.4 Å². The molecular formula is C24H22N2O3. The van der Waals surface area contributed by atoms with Gasteiger partial charge in [0.05, 0.1) is 11.3 Å². The average Bonchev–Trinajstić information content (AvgIpc) is 2.73. The number of hydrogen-bond acceptors (Lipinski definition) is 5. The van der Waals surface area contributed by atoms with E-state index in [-0.39, 0.29) is 5.75 Å². The number of nitrogens with zero attached hydrogens (tertiary/aromatic N) is 2. The fourth-order valence-electron chi connectivity index (χ4n) is 3.43. The molecule has 1 N–H and O–H groups in total. The van der Waals surface area contributed by atoms with E-state index in [2.05, 4.69) is 23.7 Å². The number of hydrogen-bond donors (Lipinski definition) is 1. The molecule has 0 fully saturated rings. The Morgan fingerprint density at radius 1 is 1.00 bits per heavy atom. The summed E-state index contributed by atoms with van der Waals surface area (Å²) < 4.78 is 5.56. The largest absolute Gasteiger partial charge is 0.506 e. The van der Waals surface area contributed by atoms with E-state index in [1.807, 2.05) is 42.5 Å². The Bertz CT molecular complexity index is 1270. The fraction of sp³-hybridized carbons (Fsp3) is 0.167. The molecule has 0 spiro atoms. The number of para-hydroxylation sites is 1. The first-order valence-electron chi connectivity index (χ1n) is 9.68. The standard InChI is InChI=1S/C24H22N2O3/c1-3-26(4-2)20-13-10-17-14-18(24(28)29-22(17)15-20)9-12-19-11-8-16-6-5-7-21(27)23(16)25-19/h5-15,27H,3-4H2,1-2H3/b12-9+. The van der Waals surface area contributed by atoms with Crippen molar-refractivity contribution in [3.63, 3.8) is 0 Å². The van der Waals surface area contributed by atoms with Crippen LogP contribution in [-0.2, 0) is 0 Å².